The summed E-state index contributed by atoms with van der Waals surface area (Å²) in [5, 5.41) is 18.0. The maximum Gasteiger partial charge on any atom is 0.266 e. The number of aromatic nitrogens is 2. The molecule has 1 amide bonds. The predicted octanol–water partition coefficient (Wildman–Crippen LogP) is 7.08. The lowest BCUT2D eigenvalue weighted by molar-refractivity contribution is -0.112. The fourth-order valence-corrected chi connectivity index (χ4v) is 3.80. The number of hydrogen-bond donors (Lipinski definition) is 1. The highest BCUT2D eigenvalue weighted by atomic mass is 35.5. The molecule has 0 radical (unpaired) electrons. The first-order valence-corrected chi connectivity index (χ1v) is 11.9. The fourth-order valence-electron chi connectivity index (χ4n) is 3.68. The molecule has 1 N–H and O–H groups in total. The average Bonchev–Trinajstić information content (AvgIpc) is 3.31. The minimum absolute atomic E-state index is 0.0112. The Morgan fingerprint density at radius 1 is 1.06 bits per heavy atom. The van der Waals surface area contributed by atoms with Gasteiger partial charge in [0.2, 0.25) is 0 Å². The molecule has 0 saturated heterocycles. The first-order valence-electron chi connectivity index (χ1n) is 11.5. The molecule has 0 fully saturated rings. The zero-order valence-corrected chi connectivity index (χ0v) is 20.2. The molecule has 4 rings (SSSR count). The third-order valence-corrected chi connectivity index (χ3v) is 5.83. The van der Waals surface area contributed by atoms with Crippen molar-refractivity contribution in [3.63, 3.8) is 0 Å². The molecule has 174 valence electrons. The van der Waals surface area contributed by atoms with Gasteiger partial charge in [-0.3, -0.25) is 4.79 Å². The number of anilines is 1. The van der Waals surface area contributed by atoms with Gasteiger partial charge in [0.15, 0.2) is 0 Å². The van der Waals surface area contributed by atoms with Crippen molar-refractivity contribution >= 4 is 29.3 Å². The smallest absolute Gasteiger partial charge is 0.266 e. The van der Waals surface area contributed by atoms with Crippen LogP contribution in [0, 0.1) is 11.3 Å². The van der Waals surface area contributed by atoms with Gasteiger partial charge < -0.3 is 5.32 Å². The van der Waals surface area contributed by atoms with E-state index in [0.29, 0.717) is 22.0 Å². The van der Waals surface area contributed by atoms with Crippen LogP contribution >= 0.6 is 11.6 Å². The van der Waals surface area contributed by atoms with Gasteiger partial charge in [-0.25, -0.2) is 4.68 Å². The van der Waals surface area contributed by atoms with Crippen molar-refractivity contribution in [3.05, 3.63) is 107 Å². The number of nitrogens with zero attached hydrogens (tertiary/aromatic N) is 3. The van der Waals surface area contributed by atoms with Gasteiger partial charge >= 0.3 is 0 Å². The molecule has 5 nitrogen and oxygen atoms in total. The maximum absolute atomic E-state index is 12.9. The zero-order chi connectivity index (χ0) is 24.6. The number of benzene rings is 3. The molecule has 1 aromatic heterocycles. The van der Waals surface area contributed by atoms with Gasteiger partial charge in [-0.05, 0) is 60.9 Å². The van der Waals surface area contributed by atoms with Crippen molar-refractivity contribution < 1.29 is 4.79 Å². The molecule has 35 heavy (non-hydrogen) atoms. The summed E-state index contributed by atoms with van der Waals surface area (Å²) in [6, 6.07) is 26.7. The summed E-state index contributed by atoms with van der Waals surface area (Å²) in [4.78, 5) is 12.9. The van der Waals surface area contributed by atoms with E-state index in [1.165, 1.54) is 5.56 Å². The lowest BCUT2D eigenvalue weighted by atomic mass is 10.1. The van der Waals surface area contributed by atoms with Crippen molar-refractivity contribution in [1.29, 1.82) is 5.26 Å². The number of halogens is 1. The Bertz CT molecular complexity index is 1370. The molecule has 6 heteroatoms. The highest BCUT2D eigenvalue weighted by Gasteiger charge is 2.15. The molecule has 1 heterocycles. The monoisotopic (exact) mass is 480 g/mol. The van der Waals surface area contributed by atoms with Crippen LogP contribution in [0.5, 0.6) is 0 Å². The van der Waals surface area contributed by atoms with Gasteiger partial charge in [-0.1, -0.05) is 67.4 Å². The third-order valence-electron chi connectivity index (χ3n) is 5.58. The second-order valence-electron chi connectivity index (χ2n) is 8.14. The highest BCUT2D eigenvalue weighted by molar-refractivity contribution is 6.30. The molecule has 0 spiro atoms. The van der Waals surface area contributed by atoms with E-state index in [0.717, 1.165) is 30.5 Å². The number of nitriles is 1. The molecule has 4 aromatic rings. The van der Waals surface area contributed by atoms with E-state index in [2.05, 4.69) is 12.2 Å². The summed E-state index contributed by atoms with van der Waals surface area (Å²) >= 11 is 6.07. The van der Waals surface area contributed by atoms with Crippen LogP contribution in [0.25, 0.3) is 23.0 Å². The normalized spacial score (nSPS) is 11.2. The Morgan fingerprint density at radius 3 is 2.43 bits per heavy atom. The Hall–Kier alpha value is -4.14. The molecular weight excluding hydrogens is 456 g/mol. The summed E-state index contributed by atoms with van der Waals surface area (Å²) < 4.78 is 1.73. The number of unbranched alkanes of at least 4 members (excludes halogenated alkanes) is 1. The van der Waals surface area contributed by atoms with E-state index in [1.54, 1.807) is 22.9 Å². The van der Waals surface area contributed by atoms with Crippen LogP contribution < -0.4 is 5.32 Å². The van der Waals surface area contributed by atoms with Gasteiger partial charge in [-0.15, -0.1) is 0 Å². The first-order chi connectivity index (χ1) is 17.1. The Kier molecular flexibility index (Phi) is 7.77. The van der Waals surface area contributed by atoms with E-state index < -0.39 is 5.91 Å². The van der Waals surface area contributed by atoms with E-state index in [9.17, 15) is 10.1 Å². The number of hydrogen-bond acceptors (Lipinski definition) is 3. The Morgan fingerprint density at radius 2 is 1.77 bits per heavy atom. The maximum atomic E-state index is 12.9. The summed E-state index contributed by atoms with van der Waals surface area (Å²) in [7, 11) is 0. The van der Waals surface area contributed by atoms with Crippen LogP contribution in [0.3, 0.4) is 0 Å². The minimum Gasteiger partial charge on any atom is -0.321 e. The van der Waals surface area contributed by atoms with Crippen molar-refractivity contribution in [3.8, 4) is 23.0 Å². The Labute approximate surface area is 210 Å². The van der Waals surface area contributed by atoms with Gasteiger partial charge in [0.05, 0.1) is 11.4 Å². The van der Waals surface area contributed by atoms with Gasteiger partial charge in [0.1, 0.15) is 11.6 Å². The van der Waals surface area contributed by atoms with Crippen LogP contribution in [0.2, 0.25) is 5.02 Å². The molecule has 0 aliphatic carbocycles. The van der Waals surface area contributed by atoms with Crippen LogP contribution in [0.4, 0.5) is 5.69 Å². The van der Waals surface area contributed by atoms with E-state index in [-0.39, 0.29) is 5.57 Å². The quantitative estimate of drug-likeness (QED) is 0.216. The standard InChI is InChI=1S/C29H25ClN4O/c1-2-3-7-21-10-16-26(17-11-21)32-29(35)23(19-31)18-24-20-34(27-8-5-4-6-9-27)33-28(24)22-12-14-25(30)15-13-22/h4-6,8-18,20H,2-3,7H2,1H3,(H,32,35)/b23-18+. The van der Waals surface area contributed by atoms with Crippen LogP contribution in [-0.4, -0.2) is 15.7 Å². The van der Waals surface area contributed by atoms with E-state index in [4.69, 9.17) is 16.7 Å². The number of carbonyl (C=O) groups excluding carboxylic acids is 1. The number of rotatable bonds is 8. The van der Waals surface area contributed by atoms with Crippen LogP contribution in [0.1, 0.15) is 30.9 Å². The summed E-state index contributed by atoms with van der Waals surface area (Å²) in [6.07, 6.45) is 6.65. The number of nitrogens with one attached hydrogen (secondary N) is 1. The third kappa shape index (κ3) is 6.06. The molecule has 0 aliphatic heterocycles. The number of aryl methyl sites for hydroxylation is 1. The lowest BCUT2D eigenvalue weighted by Crippen LogP contribution is -2.13. The molecule has 0 unspecified atom stereocenters. The second kappa shape index (κ2) is 11.3. The summed E-state index contributed by atoms with van der Waals surface area (Å²) in [6.45, 7) is 2.16. The molecule has 0 saturated carbocycles. The van der Waals surface area contributed by atoms with Crippen molar-refractivity contribution in [2.24, 2.45) is 0 Å². The Balaban J connectivity index is 1.65. The molecule has 3 aromatic carbocycles. The van der Waals surface area contributed by atoms with Gasteiger partial charge in [-0.2, -0.15) is 10.4 Å². The highest BCUT2D eigenvalue weighted by Crippen LogP contribution is 2.27. The second-order valence-corrected chi connectivity index (χ2v) is 8.58. The summed E-state index contributed by atoms with van der Waals surface area (Å²) in [5.74, 6) is -0.469. The molecule has 0 bridgehead atoms. The first kappa shape index (κ1) is 24.0. The largest absolute Gasteiger partial charge is 0.321 e. The topological polar surface area (TPSA) is 70.7 Å². The van der Waals surface area contributed by atoms with Crippen molar-refractivity contribution in [2.75, 3.05) is 5.32 Å². The van der Waals surface area contributed by atoms with Crippen molar-refractivity contribution in [2.45, 2.75) is 26.2 Å². The number of carbonyl (C=O) groups is 1. The number of amides is 1. The van der Waals surface area contributed by atoms with Crippen molar-refractivity contribution in [1.82, 2.24) is 9.78 Å². The SMILES string of the molecule is CCCCc1ccc(NC(=O)/C(C#N)=C/c2cn(-c3ccccc3)nc2-c2ccc(Cl)cc2)cc1. The zero-order valence-electron chi connectivity index (χ0n) is 19.4. The predicted molar refractivity (Wildman–Crippen MR) is 141 cm³/mol. The molecule has 0 atom stereocenters. The van der Waals surface area contributed by atoms with E-state index >= 15 is 0 Å². The number of para-hydroxylation sites is 1. The van der Waals surface area contributed by atoms with Crippen LogP contribution in [0.15, 0.2) is 90.6 Å². The van der Waals surface area contributed by atoms with Gasteiger partial charge in [0, 0.05) is 28.0 Å². The van der Waals surface area contributed by atoms with E-state index in [1.807, 2.05) is 79.0 Å². The summed E-state index contributed by atoms with van der Waals surface area (Å²) in [5.41, 5.74) is 4.85. The molecule has 0 aliphatic rings. The molecular formula is C29H25ClN4O. The average molecular weight is 481 g/mol. The van der Waals surface area contributed by atoms with Gasteiger partial charge in [0.25, 0.3) is 5.91 Å². The fraction of sp³-hybridized carbons (Fsp3) is 0.138. The minimum atomic E-state index is -0.469. The lowest BCUT2D eigenvalue weighted by Gasteiger charge is -2.06. The van der Waals surface area contributed by atoms with Crippen LogP contribution in [-0.2, 0) is 11.2 Å².